The monoisotopic (exact) mass is 119 g/mol. The minimum Gasteiger partial charge on any atom is -0.384 e. The van der Waals surface area contributed by atoms with Crippen LogP contribution in [0, 0.1) is 11.5 Å². The maximum Gasteiger partial charge on any atom is 0.122 e. The van der Waals surface area contributed by atoms with Gasteiger partial charge in [0.1, 0.15) is 5.84 Å². The van der Waals surface area contributed by atoms with Crippen molar-refractivity contribution in [1.82, 2.24) is 0 Å². The molecule has 0 aliphatic rings. The zero-order chi connectivity index (χ0) is 6.69. The number of hydrogen-bond acceptors (Lipinski definition) is 1. The molecule has 1 radical (unpaired) electrons. The molecular weight excluding hydrogens is 112 g/mol. The van der Waals surface area contributed by atoms with E-state index in [1.165, 1.54) is 0 Å². The largest absolute Gasteiger partial charge is 0.384 e. The Bertz CT molecular complexity index is 203. The number of nitrogen functional groups attached to an aromatic ring is 1. The van der Waals surface area contributed by atoms with Crippen LogP contribution >= 0.6 is 0 Å². The van der Waals surface area contributed by atoms with Crippen molar-refractivity contribution in [3.8, 4) is 0 Å². The van der Waals surface area contributed by atoms with Crippen LogP contribution in [0.25, 0.3) is 0 Å². The topological polar surface area (TPSA) is 49.9 Å². The summed E-state index contributed by atoms with van der Waals surface area (Å²) in [4.78, 5) is 0. The van der Waals surface area contributed by atoms with E-state index in [9.17, 15) is 0 Å². The van der Waals surface area contributed by atoms with E-state index in [0.717, 1.165) is 5.56 Å². The van der Waals surface area contributed by atoms with Gasteiger partial charge >= 0.3 is 0 Å². The summed E-state index contributed by atoms with van der Waals surface area (Å²) >= 11 is 0. The summed E-state index contributed by atoms with van der Waals surface area (Å²) in [6.45, 7) is 0. The van der Waals surface area contributed by atoms with E-state index in [-0.39, 0.29) is 5.84 Å². The van der Waals surface area contributed by atoms with Gasteiger partial charge in [0.15, 0.2) is 0 Å². The SMILES string of the molecule is N=C(N)c1cc[c]cc1. The molecule has 0 spiro atoms. The van der Waals surface area contributed by atoms with Crippen LogP contribution < -0.4 is 5.73 Å². The number of nitrogens with two attached hydrogens (primary N) is 1. The van der Waals surface area contributed by atoms with Gasteiger partial charge in [0.25, 0.3) is 0 Å². The van der Waals surface area contributed by atoms with Crippen LogP contribution in [-0.2, 0) is 0 Å². The van der Waals surface area contributed by atoms with Gasteiger partial charge in [-0.3, -0.25) is 5.41 Å². The number of amidine groups is 1. The lowest BCUT2D eigenvalue weighted by atomic mass is 10.2. The quantitative estimate of drug-likeness (QED) is 0.416. The summed E-state index contributed by atoms with van der Waals surface area (Å²) in [6.07, 6.45) is 0. The fourth-order valence-corrected chi connectivity index (χ4v) is 0.566. The van der Waals surface area contributed by atoms with Crippen molar-refractivity contribution in [3.05, 3.63) is 35.9 Å². The summed E-state index contributed by atoms with van der Waals surface area (Å²) in [6, 6.07) is 9.81. The van der Waals surface area contributed by atoms with Crippen LogP contribution in [0.1, 0.15) is 5.56 Å². The van der Waals surface area contributed by atoms with Gasteiger partial charge in [-0.05, 0) is 6.07 Å². The Kier molecular flexibility index (Phi) is 1.49. The summed E-state index contributed by atoms with van der Waals surface area (Å²) < 4.78 is 0. The van der Waals surface area contributed by atoms with E-state index in [2.05, 4.69) is 6.07 Å². The van der Waals surface area contributed by atoms with E-state index in [4.69, 9.17) is 11.1 Å². The standard InChI is InChI=1S/C7H7N2/c8-7(9)6-4-2-1-3-5-6/h2-5H,(H3,8,9). The highest BCUT2D eigenvalue weighted by Gasteiger charge is 1.89. The zero-order valence-electron chi connectivity index (χ0n) is 4.89. The van der Waals surface area contributed by atoms with Crippen LogP contribution in [0.3, 0.4) is 0 Å². The molecule has 0 fully saturated rings. The second kappa shape index (κ2) is 2.31. The molecular formula is C7H7N2. The van der Waals surface area contributed by atoms with Crippen molar-refractivity contribution < 1.29 is 0 Å². The molecule has 0 aromatic heterocycles. The van der Waals surface area contributed by atoms with Crippen LogP contribution in [0.2, 0.25) is 0 Å². The van der Waals surface area contributed by atoms with Gasteiger partial charge in [-0.2, -0.15) is 0 Å². The number of nitrogens with one attached hydrogen (secondary N) is 1. The molecule has 0 unspecified atom stereocenters. The third-order valence-corrected chi connectivity index (χ3v) is 1.03. The number of hydrogen-bond donors (Lipinski definition) is 2. The van der Waals surface area contributed by atoms with E-state index >= 15 is 0 Å². The predicted molar refractivity (Wildman–Crippen MR) is 36.3 cm³/mol. The van der Waals surface area contributed by atoms with Crippen molar-refractivity contribution in [3.63, 3.8) is 0 Å². The lowest BCUT2D eigenvalue weighted by Gasteiger charge is -1.92. The van der Waals surface area contributed by atoms with Gasteiger partial charge in [-0.25, -0.2) is 0 Å². The van der Waals surface area contributed by atoms with Crippen LogP contribution in [-0.4, -0.2) is 5.84 Å². The Morgan fingerprint density at radius 1 is 1.44 bits per heavy atom. The van der Waals surface area contributed by atoms with Gasteiger partial charge in [0, 0.05) is 5.56 Å². The molecule has 0 saturated heterocycles. The fraction of sp³-hybridized carbons (Fsp3) is 0. The molecule has 0 amide bonds. The Balaban J connectivity index is 2.98. The van der Waals surface area contributed by atoms with Gasteiger partial charge < -0.3 is 5.73 Å². The van der Waals surface area contributed by atoms with E-state index in [1.54, 1.807) is 24.3 Å². The first-order valence-corrected chi connectivity index (χ1v) is 2.61. The number of benzene rings is 1. The normalized spacial score (nSPS) is 8.89. The Morgan fingerprint density at radius 2 is 2.00 bits per heavy atom. The molecule has 1 aromatic carbocycles. The molecule has 0 saturated carbocycles. The van der Waals surface area contributed by atoms with Gasteiger partial charge in [0.2, 0.25) is 0 Å². The molecule has 1 rings (SSSR count). The number of rotatable bonds is 1. The molecule has 45 valence electrons. The average molecular weight is 119 g/mol. The van der Waals surface area contributed by atoms with Crippen molar-refractivity contribution in [2.75, 3.05) is 0 Å². The highest BCUT2D eigenvalue weighted by atomic mass is 14.7. The van der Waals surface area contributed by atoms with Crippen LogP contribution in [0.4, 0.5) is 0 Å². The Hall–Kier alpha value is -1.31. The predicted octanol–water partition coefficient (Wildman–Crippen LogP) is 0.771. The third kappa shape index (κ3) is 1.29. The first kappa shape index (κ1) is 5.82. The Labute approximate surface area is 53.8 Å². The summed E-state index contributed by atoms with van der Waals surface area (Å²) in [7, 11) is 0. The lowest BCUT2D eigenvalue weighted by molar-refractivity contribution is 1.42. The molecule has 0 heterocycles. The second-order valence-corrected chi connectivity index (χ2v) is 1.70. The van der Waals surface area contributed by atoms with E-state index < -0.39 is 0 Å². The van der Waals surface area contributed by atoms with Crippen molar-refractivity contribution in [2.24, 2.45) is 5.73 Å². The zero-order valence-corrected chi connectivity index (χ0v) is 4.89. The van der Waals surface area contributed by atoms with Crippen molar-refractivity contribution in [2.45, 2.75) is 0 Å². The molecule has 0 aliphatic carbocycles. The van der Waals surface area contributed by atoms with Crippen molar-refractivity contribution in [1.29, 1.82) is 5.41 Å². The minimum absolute atomic E-state index is 0.101. The molecule has 0 atom stereocenters. The molecule has 9 heavy (non-hydrogen) atoms. The Morgan fingerprint density at radius 3 is 2.33 bits per heavy atom. The fourth-order valence-electron chi connectivity index (χ4n) is 0.566. The third-order valence-electron chi connectivity index (χ3n) is 1.03. The maximum atomic E-state index is 7.00. The van der Waals surface area contributed by atoms with Gasteiger partial charge in [-0.1, -0.05) is 24.3 Å². The van der Waals surface area contributed by atoms with E-state index in [0.29, 0.717) is 0 Å². The molecule has 3 N–H and O–H groups in total. The lowest BCUT2D eigenvalue weighted by Crippen LogP contribution is -2.10. The first-order chi connectivity index (χ1) is 4.30. The summed E-state index contributed by atoms with van der Waals surface area (Å²) in [5.74, 6) is 0.101. The molecule has 2 heteroatoms. The second-order valence-electron chi connectivity index (χ2n) is 1.70. The summed E-state index contributed by atoms with van der Waals surface area (Å²) in [5, 5.41) is 7.00. The van der Waals surface area contributed by atoms with Crippen LogP contribution in [0.15, 0.2) is 24.3 Å². The smallest absolute Gasteiger partial charge is 0.122 e. The molecule has 0 bridgehead atoms. The van der Waals surface area contributed by atoms with Crippen molar-refractivity contribution >= 4 is 5.84 Å². The van der Waals surface area contributed by atoms with Crippen LogP contribution in [0.5, 0.6) is 0 Å². The van der Waals surface area contributed by atoms with E-state index in [1.807, 2.05) is 0 Å². The highest BCUT2D eigenvalue weighted by molar-refractivity contribution is 5.94. The molecule has 1 aromatic rings. The van der Waals surface area contributed by atoms with Gasteiger partial charge in [-0.15, -0.1) is 0 Å². The first-order valence-electron chi connectivity index (χ1n) is 2.61. The maximum absolute atomic E-state index is 7.00. The van der Waals surface area contributed by atoms with Gasteiger partial charge in [0.05, 0.1) is 0 Å². The molecule has 0 aliphatic heterocycles. The minimum atomic E-state index is 0.101. The molecule has 2 nitrogen and oxygen atoms in total. The average Bonchev–Trinajstić information content (AvgIpc) is 1.90. The highest BCUT2D eigenvalue weighted by Crippen LogP contribution is 1.94. The summed E-state index contributed by atoms with van der Waals surface area (Å²) in [5.41, 5.74) is 5.93.